The first kappa shape index (κ1) is 20.7. The van der Waals surface area contributed by atoms with Gasteiger partial charge in [-0.3, -0.25) is 14.4 Å². The van der Waals surface area contributed by atoms with Gasteiger partial charge in [0.25, 0.3) is 11.8 Å². The number of nitrogens with zero attached hydrogens (tertiary/aromatic N) is 1. The van der Waals surface area contributed by atoms with E-state index in [2.05, 4.69) is 5.32 Å². The fourth-order valence-corrected chi connectivity index (χ4v) is 3.05. The molecule has 1 heterocycles. The number of amides is 2. The van der Waals surface area contributed by atoms with Crippen molar-refractivity contribution in [1.29, 1.82) is 0 Å². The highest BCUT2D eigenvalue weighted by molar-refractivity contribution is 6.31. The highest BCUT2D eigenvalue weighted by atomic mass is 35.5. The van der Waals surface area contributed by atoms with Crippen LogP contribution in [0.1, 0.15) is 18.9 Å². The van der Waals surface area contributed by atoms with Crippen LogP contribution in [-0.2, 0) is 19.1 Å². The highest BCUT2D eigenvalue weighted by Crippen LogP contribution is 2.31. The van der Waals surface area contributed by atoms with E-state index in [-0.39, 0.29) is 25.5 Å². The first-order valence-electron chi connectivity index (χ1n) is 9.14. The van der Waals surface area contributed by atoms with Crippen LogP contribution in [0.4, 0.5) is 11.4 Å². The summed E-state index contributed by atoms with van der Waals surface area (Å²) in [6, 6.07) is 12.2. The Morgan fingerprint density at radius 2 is 2.03 bits per heavy atom. The van der Waals surface area contributed by atoms with Gasteiger partial charge in [0.2, 0.25) is 0 Å². The number of benzene rings is 2. The van der Waals surface area contributed by atoms with Crippen molar-refractivity contribution < 1.29 is 23.9 Å². The van der Waals surface area contributed by atoms with Gasteiger partial charge in [-0.2, -0.15) is 0 Å². The van der Waals surface area contributed by atoms with Crippen LogP contribution in [0.2, 0.25) is 5.02 Å². The molecular weight excluding hydrogens is 396 g/mol. The summed E-state index contributed by atoms with van der Waals surface area (Å²) in [7, 11) is 0. The summed E-state index contributed by atoms with van der Waals surface area (Å²) in [5.74, 6) is -0.687. The van der Waals surface area contributed by atoms with Crippen LogP contribution in [0, 0.1) is 6.92 Å². The molecule has 2 amide bonds. The van der Waals surface area contributed by atoms with Crippen molar-refractivity contribution in [3.8, 4) is 5.75 Å². The Balaban J connectivity index is 1.54. The van der Waals surface area contributed by atoms with E-state index in [0.29, 0.717) is 22.1 Å². The van der Waals surface area contributed by atoms with Gasteiger partial charge >= 0.3 is 5.97 Å². The summed E-state index contributed by atoms with van der Waals surface area (Å²) >= 11 is 5.95. The zero-order chi connectivity index (χ0) is 21.0. The number of carbonyl (C=O) groups excluding carboxylic acids is 3. The van der Waals surface area contributed by atoms with Gasteiger partial charge in [-0.1, -0.05) is 29.8 Å². The zero-order valence-corrected chi connectivity index (χ0v) is 16.9. The highest BCUT2D eigenvalue weighted by Gasteiger charge is 2.26. The van der Waals surface area contributed by atoms with E-state index in [1.807, 2.05) is 13.0 Å². The molecule has 1 atom stereocenters. The third-order valence-electron chi connectivity index (χ3n) is 4.48. The van der Waals surface area contributed by atoms with Gasteiger partial charge in [0.1, 0.15) is 5.75 Å². The summed E-state index contributed by atoms with van der Waals surface area (Å²) in [6.07, 6.45) is -1.04. The summed E-state index contributed by atoms with van der Waals surface area (Å²) in [5, 5.41) is 3.19. The first-order valence-corrected chi connectivity index (χ1v) is 9.51. The number of aryl methyl sites for hydroxylation is 1. The second-order valence-electron chi connectivity index (χ2n) is 6.63. The standard InChI is InChI=1S/C21H21ClN2O5/c1-13-7-8-15(22)11-16(13)23-21(27)14(2)29-20(26)9-10-24-17-5-3-4-6-18(17)28-12-19(24)25/h3-8,11,14H,9-10,12H2,1-2H3,(H,23,27). The lowest BCUT2D eigenvalue weighted by molar-refractivity contribution is -0.153. The van der Waals surface area contributed by atoms with Crippen molar-refractivity contribution in [1.82, 2.24) is 0 Å². The van der Waals surface area contributed by atoms with Gasteiger partial charge in [-0.15, -0.1) is 0 Å². The molecule has 8 heteroatoms. The average molecular weight is 417 g/mol. The molecule has 2 aromatic rings. The largest absolute Gasteiger partial charge is 0.482 e. The molecule has 1 aliphatic rings. The zero-order valence-electron chi connectivity index (χ0n) is 16.1. The number of esters is 1. The lowest BCUT2D eigenvalue weighted by atomic mass is 10.2. The second-order valence-corrected chi connectivity index (χ2v) is 7.07. The molecule has 0 saturated carbocycles. The number of nitrogens with one attached hydrogen (secondary N) is 1. The Kier molecular flexibility index (Phi) is 6.39. The normalized spacial score (nSPS) is 13.9. The molecule has 0 aliphatic carbocycles. The minimum Gasteiger partial charge on any atom is -0.482 e. The van der Waals surface area contributed by atoms with Gasteiger partial charge in [-0.05, 0) is 43.7 Å². The molecule has 1 unspecified atom stereocenters. The maximum Gasteiger partial charge on any atom is 0.308 e. The Bertz CT molecular complexity index is 946. The second kappa shape index (κ2) is 8.96. The fourth-order valence-electron chi connectivity index (χ4n) is 2.88. The van der Waals surface area contributed by atoms with Crippen molar-refractivity contribution in [3.05, 3.63) is 53.1 Å². The van der Waals surface area contributed by atoms with Gasteiger partial charge in [0.15, 0.2) is 12.7 Å². The van der Waals surface area contributed by atoms with Crippen LogP contribution in [0.15, 0.2) is 42.5 Å². The number of fused-ring (bicyclic) bond motifs is 1. The van der Waals surface area contributed by atoms with Crippen molar-refractivity contribution >= 4 is 40.8 Å². The maximum atomic E-state index is 12.3. The lowest BCUT2D eigenvalue weighted by Gasteiger charge is -2.29. The minimum atomic E-state index is -0.992. The van der Waals surface area contributed by atoms with E-state index in [1.54, 1.807) is 36.4 Å². The van der Waals surface area contributed by atoms with Crippen LogP contribution >= 0.6 is 11.6 Å². The third kappa shape index (κ3) is 5.06. The molecule has 0 fully saturated rings. The Labute approximate surface area is 173 Å². The number of hydrogen-bond donors (Lipinski definition) is 1. The molecule has 0 bridgehead atoms. The van der Waals surface area contributed by atoms with Crippen molar-refractivity contribution in [2.24, 2.45) is 0 Å². The number of ether oxygens (including phenoxy) is 2. The molecule has 2 aromatic carbocycles. The molecule has 1 aliphatic heterocycles. The van der Waals surface area contributed by atoms with E-state index in [4.69, 9.17) is 21.1 Å². The van der Waals surface area contributed by atoms with Crippen LogP contribution in [0.25, 0.3) is 0 Å². The molecule has 29 heavy (non-hydrogen) atoms. The van der Waals surface area contributed by atoms with Crippen molar-refractivity contribution in [2.75, 3.05) is 23.4 Å². The molecule has 3 rings (SSSR count). The maximum absolute atomic E-state index is 12.3. The van der Waals surface area contributed by atoms with Gasteiger partial charge < -0.3 is 19.7 Å². The quantitative estimate of drug-likeness (QED) is 0.730. The predicted octanol–water partition coefficient (Wildman–Crippen LogP) is 3.33. The lowest BCUT2D eigenvalue weighted by Crippen LogP contribution is -2.40. The average Bonchev–Trinajstić information content (AvgIpc) is 2.69. The smallest absolute Gasteiger partial charge is 0.308 e. The van der Waals surface area contributed by atoms with E-state index >= 15 is 0 Å². The number of carbonyl (C=O) groups is 3. The summed E-state index contributed by atoms with van der Waals surface area (Å²) in [4.78, 5) is 38.1. The number of rotatable bonds is 6. The molecule has 0 aromatic heterocycles. The molecule has 0 saturated heterocycles. The molecule has 0 spiro atoms. The Morgan fingerprint density at radius 1 is 1.28 bits per heavy atom. The van der Waals surface area contributed by atoms with E-state index in [0.717, 1.165) is 5.56 Å². The number of para-hydroxylation sites is 2. The molecular formula is C21H21ClN2O5. The monoisotopic (exact) mass is 416 g/mol. The fraction of sp³-hybridized carbons (Fsp3) is 0.286. The van der Waals surface area contributed by atoms with Gasteiger partial charge in [-0.25, -0.2) is 0 Å². The van der Waals surface area contributed by atoms with E-state index < -0.39 is 18.0 Å². The van der Waals surface area contributed by atoms with Crippen molar-refractivity contribution in [3.63, 3.8) is 0 Å². The molecule has 7 nitrogen and oxygen atoms in total. The van der Waals surface area contributed by atoms with Crippen LogP contribution in [-0.4, -0.2) is 37.0 Å². The SMILES string of the molecule is Cc1ccc(Cl)cc1NC(=O)C(C)OC(=O)CCN1C(=O)COc2ccccc21. The first-order chi connectivity index (χ1) is 13.8. The van der Waals surface area contributed by atoms with Crippen molar-refractivity contribution in [2.45, 2.75) is 26.4 Å². The minimum absolute atomic E-state index is 0.0477. The number of halogens is 1. The van der Waals surface area contributed by atoms with Crippen LogP contribution in [0.5, 0.6) is 5.75 Å². The Morgan fingerprint density at radius 3 is 2.83 bits per heavy atom. The topological polar surface area (TPSA) is 84.9 Å². The number of hydrogen-bond acceptors (Lipinski definition) is 5. The summed E-state index contributed by atoms with van der Waals surface area (Å²) in [6.45, 7) is 3.38. The number of anilines is 2. The summed E-state index contributed by atoms with van der Waals surface area (Å²) in [5.41, 5.74) is 2.01. The molecule has 1 N–H and O–H groups in total. The molecule has 152 valence electrons. The van der Waals surface area contributed by atoms with E-state index in [9.17, 15) is 14.4 Å². The molecule has 0 radical (unpaired) electrons. The predicted molar refractivity (Wildman–Crippen MR) is 109 cm³/mol. The van der Waals surface area contributed by atoms with Gasteiger partial charge in [0, 0.05) is 17.3 Å². The summed E-state index contributed by atoms with van der Waals surface area (Å²) < 4.78 is 10.6. The van der Waals surface area contributed by atoms with E-state index in [1.165, 1.54) is 11.8 Å². The third-order valence-corrected chi connectivity index (χ3v) is 4.72. The van der Waals surface area contributed by atoms with Crippen LogP contribution in [0.3, 0.4) is 0 Å². The van der Waals surface area contributed by atoms with Gasteiger partial charge in [0.05, 0.1) is 12.1 Å². The Hall–Kier alpha value is -3.06. The van der Waals surface area contributed by atoms with Crippen LogP contribution < -0.4 is 15.0 Å².